The Morgan fingerprint density at radius 2 is 1.85 bits per heavy atom. The molecule has 1 aliphatic heterocycles. The minimum absolute atomic E-state index is 0. The second-order valence-corrected chi connectivity index (χ2v) is 6.64. The van der Waals surface area contributed by atoms with Crippen LogP contribution in [0, 0.1) is 13.8 Å². The quantitative estimate of drug-likeness (QED) is 0.691. The van der Waals surface area contributed by atoms with E-state index >= 15 is 0 Å². The second kappa shape index (κ2) is 6.96. The van der Waals surface area contributed by atoms with E-state index in [0.717, 1.165) is 22.5 Å². The minimum Gasteiger partial charge on any atom is -0.305 e. The summed E-state index contributed by atoms with van der Waals surface area (Å²) in [5.41, 5.74) is 5.50. The lowest BCUT2D eigenvalue weighted by atomic mass is 10.0. The Kier molecular flexibility index (Phi) is 4.87. The maximum absolute atomic E-state index is 13.2. The van der Waals surface area contributed by atoms with E-state index < -0.39 is 0 Å². The molecule has 1 aromatic carbocycles. The van der Waals surface area contributed by atoms with E-state index in [0.29, 0.717) is 12.2 Å². The Labute approximate surface area is 160 Å². The van der Waals surface area contributed by atoms with Gasteiger partial charge in [0.2, 0.25) is 0 Å². The molecule has 5 nitrogen and oxygen atoms in total. The predicted molar refractivity (Wildman–Crippen MR) is 108 cm³/mol. The van der Waals surface area contributed by atoms with Gasteiger partial charge in [-0.15, -0.1) is 0 Å². The van der Waals surface area contributed by atoms with Gasteiger partial charge in [0.05, 0.1) is 12.2 Å². The number of fused-ring (bicyclic) bond motifs is 1. The molecule has 0 spiro atoms. The number of benzene rings is 1. The number of hydrogen-bond donors (Lipinski definition) is 0. The molecule has 0 bridgehead atoms. The van der Waals surface area contributed by atoms with Gasteiger partial charge in [0, 0.05) is 29.7 Å². The third-order valence-corrected chi connectivity index (χ3v) is 4.66. The van der Waals surface area contributed by atoms with Gasteiger partial charge in [-0.3, -0.25) is 14.5 Å². The fourth-order valence-corrected chi connectivity index (χ4v) is 3.33. The number of aromatic nitrogens is 3. The van der Waals surface area contributed by atoms with Gasteiger partial charge >= 0.3 is 0 Å². The first-order chi connectivity index (χ1) is 12.0. The van der Waals surface area contributed by atoms with Crippen LogP contribution in [0.2, 0.25) is 0 Å². The highest BCUT2D eigenvalue weighted by Crippen LogP contribution is 2.32. The van der Waals surface area contributed by atoms with Crippen LogP contribution in [0.5, 0.6) is 0 Å². The number of rotatable bonds is 2. The van der Waals surface area contributed by atoms with Crippen LogP contribution in [0.3, 0.4) is 0 Å². The van der Waals surface area contributed by atoms with Gasteiger partial charge in [-0.1, -0.05) is 17.7 Å². The zero-order valence-corrected chi connectivity index (χ0v) is 16.1. The van der Waals surface area contributed by atoms with Crippen LogP contribution in [0.1, 0.15) is 34.7 Å². The van der Waals surface area contributed by atoms with Crippen LogP contribution in [-0.4, -0.2) is 27.2 Å². The van der Waals surface area contributed by atoms with Crippen LogP contribution < -0.4 is 4.90 Å². The van der Waals surface area contributed by atoms with Gasteiger partial charge in [0.25, 0.3) is 5.91 Å². The van der Waals surface area contributed by atoms with E-state index in [4.69, 9.17) is 0 Å². The molecule has 0 aliphatic carbocycles. The molecule has 3 aromatic rings. The molecule has 4 rings (SSSR count). The number of hydrogen-bond acceptors (Lipinski definition) is 3. The molecule has 1 atom stereocenters. The van der Waals surface area contributed by atoms with Crippen LogP contribution in [0.25, 0.3) is 11.1 Å². The fraction of sp³-hybridized carbons (Fsp3) is 0.250. The van der Waals surface area contributed by atoms with Crippen LogP contribution >= 0.6 is 13.5 Å². The molecule has 3 heterocycles. The van der Waals surface area contributed by atoms with Crippen LogP contribution in [-0.2, 0) is 0 Å². The summed E-state index contributed by atoms with van der Waals surface area (Å²) in [5.74, 6) is -0.0103. The first-order valence-electron chi connectivity index (χ1n) is 8.43. The number of pyridine rings is 1. The molecule has 6 heteroatoms. The van der Waals surface area contributed by atoms with Crippen molar-refractivity contribution >= 4 is 25.1 Å². The third-order valence-electron chi connectivity index (χ3n) is 4.66. The Bertz CT molecular complexity index is 949. The highest BCUT2D eigenvalue weighted by molar-refractivity contribution is 7.59. The molecule has 26 heavy (non-hydrogen) atoms. The zero-order valence-electron chi connectivity index (χ0n) is 15.1. The molecular formula is C20H22N4OS. The summed E-state index contributed by atoms with van der Waals surface area (Å²) in [6.45, 7) is 6.70. The third kappa shape index (κ3) is 3.01. The first kappa shape index (κ1) is 18.2. The SMILES string of the molecule is Cc1ccc(N2C[C@H](C)n3ncc(-c4ccnc(C)c4)c3C2=O)cc1.S. The molecule has 1 aliphatic rings. The van der Waals surface area contributed by atoms with Gasteiger partial charge in [-0.25, -0.2) is 0 Å². The van der Waals surface area contributed by atoms with Crippen molar-refractivity contribution in [1.82, 2.24) is 14.8 Å². The van der Waals surface area contributed by atoms with E-state index in [2.05, 4.69) is 17.0 Å². The van der Waals surface area contributed by atoms with Gasteiger partial charge in [-0.05, 0) is 50.6 Å². The topological polar surface area (TPSA) is 51.0 Å². The summed E-state index contributed by atoms with van der Waals surface area (Å²) in [6.07, 6.45) is 3.56. The summed E-state index contributed by atoms with van der Waals surface area (Å²) in [4.78, 5) is 19.3. The molecule has 0 unspecified atom stereocenters. The lowest BCUT2D eigenvalue weighted by Gasteiger charge is -2.32. The molecule has 0 fully saturated rings. The average molecular weight is 366 g/mol. The molecule has 0 N–H and O–H groups in total. The number of anilines is 1. The molecule has 0 radical (unpaired) electrons. The summed E-state index contributed by atoms with van der Waals surface area (Å²) in [7, 11) is 0. The van der Waals surface area contributed by atoms with Crippen molar-refractivity contribution < 1.29 is 4.79 Å². The zero-order chi connectivity index (χ0) is 17.6. The fourth-order valence-electron chi connectivity index (χ4n) is 3.33. The predicted octanol–water partition coefficient (Wildman–Crippen LogP) is 3.90. The van der Waals surface area contributed by atoms with Crippen LogP contribution in [0.4, 0.5) is 5.69 Å². The van der Waals surface area contributed by atoms with Gasteiger partial charge < -0.3 is 4.90 Å². The molecular weight excluding hydrogens is 344 g/mol. The number of amides is 1. The van der Waals surface area contributed by atoms with Crippen molar-refractivity contribution in [3.63, 3.8) is 0 Å². The average Bonchev–Trinajstić information content (AvgIpc) is 3.05. The smallest absolute Gasteiger partial charge is 0.277 e. The monoisotopic (exact) mass is 366 g/mol. The standard InChI is InChI=1S/C20H20N4O.H2S/c1-13-4-6-17(7-5-13)23-12-15(3)24-19(20(23)25)18(11-22-24)16-8-9-21-14(2)10-16;/h4-11,15H,12H2,1-3H3;1H2/t15-;/m0./s1. The van der Waals surface area contributed by atoms with E-state index in [1.807, 2.05) is 59.8 Å². The summed E-state index contributed by atoms with van der Waals surface area (Å²) < 4.78 is 1.85. The van der Waals surface area contributed by atoms with E-state index in [9.17, 15) is 4.79 Å². The highest BCUT2D eigenvalue weighted by Gasteiger charge is 2.33. The molecule has 1 amide bonds. The van der Waals surface area contributed by atoms with Gasteiger partial charge in [0.15, 0.2) is 0 Å². The van der Waals surface area contributed by atoms with E-state index in [1.54, 1.807) is 12.4 Å². The first-order valence-corrected chi connectivity index (χ1v) is 8.43. The molecule has 0 saturated heterocycles. The van der Waals surface area contributed by atoms with Gasteiger partial charge in [-0.2, -0.15) is 18.6 Å². The Morgan fingerprint density at radius 1 is 1.12 bits per heavy atom. The van der Waals surface area contributed by atoms with Crippen molar-refractivity contribution in [3.05, 3.63) is 65.7 Å². The van der Waals surface area contributed by atoms with Crippen molar-refractivity contribution in [2.45, 2.75) is 26.8 Å². The number of aryl methyl sites for hydroxylation is 2. The minimum atomic E-state index is -0.0103. The van der Waals surface area contributed by atoms with Crippen molar-refractivity contribution in [2.75, 3.05) is 11.4 Å². The summed E-state index contributed by atoms with van der Waals surface area (Å²) in [6, 6.07) is 12.1. The molecule has 0 saturated carbocycles. The summed E-state index contributed by atoms with van der Waals surface area (Å²) in [5, 5.41) is 4.49. The van der Waals surface area contributed by atoms with Crippen molar-refractivity contribution in [1.29, 1.82) is 0 Å². The number of carbonyl (C=O) groups excluding carboxylic acids is 1. The lowest BCUT2D eigenvalue weighted by Crippen LogP contribution is -2.42. The Balaban J connectivity index is 0.00000196. The second-order valence-electron chi connectivity index (χ2n) is 6.64. The molecule has 134 valence electrons. The largest absolute Gasteiger partial charge is 0.305 e. The maximum atomic E-state index is 13.2. The van der Waals surface area contributed by atoms with Crippen LogP contribution in [0.15, 0.2) is 48.8 Å². The van der Waals surface area contributed by atoms with Gasteiger partial charge in [0.1, 0.15) is 5.69 Å². The highest BCUT2D eigenvalue weighted by atomic mass is 32.1. The van der Waals surface area contributed by atoms with Crippen molar-refractivity contribution in [3.8, 4) is 11.1 Å². The number of nitrogens with zero attached hydrogens (tertiary/aromatic N) is 4. The lowest BCUT2D eigenvalue weighted by molar-refractivity contribution is 0.0954. The molecule has 2 aromatic heterocycles. The summed E-state index contributed by atoms with van der Waals surface area (Å²) >= 11 is 0. The Hall–Kier alpha value is -2.60. The van der Waals surface area contributed by atoms with E-state index in [-0.39, 0.29) is 25.4 Å². The number of carbonyl (C=O) groups is 1. The Morgan fingerprint density at radius 3 is 2.54 bits per heavy atom. The normalized spacial score (nSPS) is 16.2. The van der Waals surface area contributed by atoms with E-state index in [1.165, 1.54) is 5.56 Å². The van der Waals surface area contributed by atoms with Crippen molar-refractivity contribution in [2.24, 2.45) is 0 Å². The maximum Gasteiger partial charge on any atom is 0.277 e.